The molecule has 1 nitrogen and oxygen atoms in total. The second kappa shape index (κ2) is 2.34. The standard InChI is InChI=1S/C11H16O/c12-11-6-9-4-7-2-1-3-8(7)5-10(9)11/h7-10H,1-6H2. The molecule has 0 aromatic carbocycles. The van der Waals surface area contributed by atoms with Crippen molar-refractivity contribution < 1.29 is 4.79 Å². The third kappa shape index (κ3) is 0.826. The van der Waals surface area contributed by atoms with E-state index in [9.17, 15) is 4.79 Å². The van der Waals surface area contributed by atoms with Gasteiger partial charge < -0.3 is 0 Å². The summed E-state index contributed by atoms with van der Waals surface area (Å²) in [5, 5.41) is 0. The molecule has 0 bridgehead atoms. The van der Waals surface area contributed by atoms with Gasteiger partial charge in [0.2, 0.25) is 0 Å². The molecule has 0 N–H and O–H groups in total. The summed E-state index contributed by atoms with van der Waals surface area (Å²) >= 11 is 0. The zero-order valence-corrected chi connectivity index (χ0v) is 7.46. The first-order chi connectivity index (χ1) is 5.84. The second-order valence-electron chi connectivity index (χ2n) is 4.96. The average Bonchev–Trinajstić information content (AvgIpc) is 2.49. The molecular formula is C11H16O. The van der Waals surface area contributed by atoms with Crippen LogP contribution in [0.15, 0.2) is 0 Å². The first-order valence-corrected chi connectivity index (χ1v) is 5.37. The predicted molar refractivity (Wildman–Crippen MR) is 46.7 cm³/mol. The van der Waals surface area contributed by atoms with Crippen molar-refractivity contribution in [2.75, 3.05) is 0 Å². The molecule has 3 fully saturated rings. The van der Waals surface area contributed by atoms with Gasteiger partial charge in [0.15, 0.2) is 0 Å². The van der Waals surface area contributed by atoms with Crippen LogP contribution in [0.25, 0.3) is 0 Å². The molecule has 12 heavy (non-hydrogen) atoms. The van der Waals surface area contributed by atoms with Gasteiger partial charge in [0.25, 0.3) is 0 Å². The summed E-state index contributed by atoms with van der Waals surface area (Å²) in [6.45, 7) is 0. The van der Waals surface area contributed by atoms with E-state index in [1.807, 2.05) is 0 Å². The highest BCUT2D eigenvalue weighted by molar-refractivity contribution is 5.87. The van der Waals surface area contributed by atoms with Gasteiger partial charge in [0, 0.05) is 12.3 Å². The highest BCUT2D eigenvalue weighted by atomic mass is 16.1. The number of carbonyl (C=O) groups is 1. The highest BCUT2D eigenvalue weighted by Gasteiger charge is 2.48. The van der Waals surface area contributed by atoms with E-state index in [-0.39, 0.29) is 0 Å². The monoisotopic (exact) mass is 164 g/mol. The Morgan fingerprint density at radius 1 is 1.00 bits per heavy atom. The number of hydrogen-bond donors (Lipinski definition) is 0. The van der Waals surface area contributed by atoms with Gasteiger partial charge in [-0.25, -0.2) is 0 Å². The number of Topliss-reactive ketones (excluding diaryl/α,β-unsaturated/α-hetero) is 1. The molecule has 0 radical (unpaired) electrons. The van der Waals surface area contributed by atoms with Crippen LogP contribution >= 0.6 is 0 Å². The van der Waals surface area contributed by atoms with Gasteiger partial charge in [-0.05, 0) is 30.6 Å². The Morgan fingerprint density at radius 3 is 2.50 bits per heavy atom. The van der Waals surface area contributed by atoms with Crippen LogP contribution < -0.4 is 0 Å². The molecule has 0 aromatic rings. The number of fused-ring (bicyclic) bond motifs is 2. The molecule has 4 unspecified atom stereocenters. The largest absolute Gasteiger partial charge is 0.299 e. The van der Waals surface area contributed by atoms with Gasteiger partial charge in [-0.15, -0.1) is 0 Å². The maximum absolute atomic E-state index is 11.3. The second-order valence-corrected chi connectivity index (χ2v) is 4.96. The summed E-state index contributed by atoms with van der Waals surface area (Å²) < 4.78 is 0. The van der Waals surface area contributed by atoms with E-state index in [0.29, 0.717) is 11.7 Å². The minimum atomic E-state index is 0.518. The van der Waals surface area contributed by atoms with Crippen molar-refractivity contribution in [1.82, 2.24) is 0 Å². The first-order valence-electron chi connectivity index (χ1n) is 5.37. The lowest BCUT2D eigenvalue weighted by Gasteiger charge is -2.44. The van der Waals surface area contributed by atoms with Crippen LogP contribution in [-0.4, -0.2) is 5.78 Å². The molecule has 3 aliphatic carbocycles. The molecule has 0 heterocycles. The maximum Gasteiger partial charge on any atom is 0.136 e. The van der Waals surface area contributed by atoms with Crippen molar-refractivity contribution in [1.29, 1.82) is 0 Å². The van der Waals surface area contributed by atoms with E-state index in [4.69, 9.17) is 0 Å². The van der Waals surface area contributed by atoms with Crippen molar-refractivity contribution in [2.45, 2.75) is 38.5 Å². The molecule has 0 aliphatic heterocycles. The van der Waals surface area contributed by atoms with Crippen LogP contribution in [0.3, 0.4) is 0 Å². The van der Waals surface area contributed by atoms with E-state index in [2.05, 4.69) is 0 Å². The van der Waals surface area contributed by atoms with Gasteiger partial charge in [-0.2, -0.15) is 0 Å². The Labute approximate surface area is 73.5 Å². The van der Waals surface area contributed by atoms with E-state index in [1.54, 1.807) is 0 Å². The molecule has 0 saturated heterocycles. The summed E-state index contributed by atoms with van der Waals surface area (Å²) in [6.07, 6.45) is 7.88. The van der Waals surface area contributed by atoms with Crippen molar-refractivity contribution in [3.05, 3.63) is 0 Å². The quantitative estimate of drug-likeness (QED) is 0.537. The molecule has 3 aliphatic rings. The third-order valence-electron chi connectivity index (χ3n) is 4.42. The van der Waals surface area contributed by atoms with Crippen LogP contribution in [0.4, 0.5) is 0 Å². The first kappa shape index (κ1) is 7.11. The Morgan fingerprint density at radius 2 is 1.75 bits per heavy atom. The van der Waals surface area contributed by atoms with E-state index >= 15 is 0 Å². The van der Waals surface area contributed by atoms with E-state index in [1.165, 1.54) is 32.1 Å². The van der Waals surface area contributed by atoms with E-state index < -0.39 is 0 Å². The fourth-order valence-corrected chi connectivity index (χ4v) is 3.68. The lowest BCUT2D eigenvalue weighted by Crippen LogP contribution is -2.43. The summed E-state index contributed by atoms with van der Waals surface area (Å²) in [5.41, 5.74) is 0. The molecule has 4 atom stereocenters. The summed E-state index contributed by atoms with van der Waals surface area (Å²) in [6, 6.07) is 0. The van der Waals surface area contributed by atoms with Gasteiger partial charge in [-0.3, -0.25) is 4.79 Å². The number of hydrogen-bond acceptors (Lipinski definition) is 1. The molecular weight excluding hydrogens is 148 g/mol. The Bertz CT molecular complexity index is 221. The highest BCUT2D eigenvalue weighted by Crippen LogP contribution is 2.52. The minimum absolute atomic E-state index is 0.518. The van der Waals surface area contributed by atoms with Crippen LogP contribution in [0.5, 0.6) is 0 Å². The van der Waals surface area contributed by atoms with Crippen molar-refractivity contribution in [3.8, 4) is 0 Å². The fourth-order valence-electron chi connectivity index (χ4n) is 3.68. The van der Waals surface area contributed by atoms with E-state index in [0.717, 1.165) is 24.2 Å². The smallest absolute Gasteiger partial charge is 0.136 e. The van der Waals surface area contributed by atoms with Crippen LogP contribution in [0.1, 0.15) is 38.5 Å². The zero-order valence-electron chi connectivity index (χ0n) is 7.46. The number of carbonyl (C=O) groups excluding carboxylic acids is 1. The Balaban J connectivity index is 1.77. The minimum Gasteiger partial charge on any atom is -0.299 e. The normalized spacial score (nSPS) is 51.2. The van der Waals surface area contributed by atoms with Crippen molar-refractivity contribution in [3.63, 3.8) is 0 Å². The molecule has 3 saturated carbocycles. The number of rotatable bonds is 0. The lowest BCUT2D eigenvalue weighted by molar-refractivity contribution is -0.138. The van der Waals surface area contributed by atoms with Gasteiger partial charge in [-0.1, -0.05) is 19.3 Å². The van der Waals surface area contributed by atoms with Crippen LogP contribution in [0, 0.1) is 23.7 Å². The molecule has 0 amide bonds. The van der Waals surface area contributed by atoms with Gasteiger partial charge in [0.1, 0.15) is 5.78 Å². The lowest BCUT2D eigenvalue weighted by atomic mass is 9.59. The third-order valence-corrected chi connectivity index (χ3v) is 4.42. The molecule has 0 aromatic heterocycles. The Kier molecular flexibility index (Phi) is 1.38. The van der Waals surface area contributed by atoms with Gasteiger partial charge in [0.05, 0.1) is 0 Å². The molecule has 3 rings (SSSR count). The molecule has 66 valence electrons. The predicted octanol–water partition coefficient (Wildman–Crippen LogP) is 2.40. The Hall–Kier alpha value is -0.330. The average molecular weight is 164 g/mol. The zero-order chi connectivity index (χ0) is 8.13. The SMILES string of the molecule is O=C1CC2CC3CCCC3CC12. The summed E-state index contributed by atoms with van der Waals surface area (Å²) in [5.74, 6) is 3.86. The molecule has 1 heteroatoms. The van der Waals surface area contributed by atoms with Crippen LogP contribution in [-0.2, 0) is 4.79 Å². The van der Waals surface area contributed by atoms with Crippen LogP contribution in [0.2, 0.25) is 0 Å². The summed E-state index contributed by atoms with van der Waals surface area (Å²) in [4.78, 5) is 11.3. The molecule has 0 spiro atoms. The maximum atomic E-state index is 11.3. The number of ketones is 1. The van der Waals surface area contributed by atoms with Crippen molar-refractivity contribution in [2.24, 2.45) is 23.7 Å². The topological polar surface area (TPSA) is 17.1 Å². The van der Waals surface area contributed by atoms with Gasteiger partial charge >= 0.3 is 0 Å². The van der Waals surface area contributed by atoms with Crippen molar-refractivity contribution >= 4 is 5.78 Å². The fraction of sp³-hybridized carbons (Fsp3) is 0.909. The summed E-state index contributed by atoms with van der Waals surface area (Å²) in [7, 11) is 0.